The Hall–Kier alpha value is -3.08. The molecule has 0 saturated carbocycles. The molecule has 1 heterocycles. The van der Waals surface area contributed by atoms with E-state index in [0.717, 1.165) is 11.1 Å². The SMILES string of the molecule is C=CCC[C@H]1C(=O)OC[C@H](c2ccccc2)N1C(=O)OCc1ccccc1. The Labute approximate surface area is 159 Å². The summed E-state index contributed by atoms with van der Waals surface area (Å²) in [6.07, 6.45) is 2.27. The highest BCUT2D eigenvalue weighted by Crippen LogP contribution is 2.31. The molecule has 1 amide bonds. The molecule has 0 aliphatic carbocycles. The van der Waals surface area contributed by atoms with Crippen molar-refractivity contribution >= 4 is 12.1 Å². The van der Waals surface area contributed by atoms with E-state index in [1.807, 2.05) is 60.7 Å². The number of ether oxygens (including phenoxy) is 2. The van der Waals surface area contributed by atoms with Crippen LogP contribution in [0.25, 0.3) is 0 Å². The highest BCUT2D eigenvalue weighted by molar-refractivity contribution is 5.83. The maximum Gasteiger partial charge on any atom is 0.411 e. The van der Waals surface area contributed by atoms with E-state index < -0.39 is 18.1 Å². The van der Waals surface area contributed by atoms with Gasteiger partial charge in [0.05, 0.1) is 6.04 Å². The number of carbonyl (C=O) groups is 2. The van der Waals surface area contributed by atoms with E-state index in [0.29, 0.717) is 12.8 Å². The van der Waals surface area contributed by atoms with Gasteiger partial charge in [-0.3, -0.25) is 4.90 Å². The molecule has 0 N–H and O–H groups in total. The minimum Gasteiger partial charge on any atom is -0.462 e. The molecule has 0 radical (unpaired) electrons. The summed E-state index contributed by atoms with van der Waals surface area (Å²) in [7, 11) is 0. The highest BCUT2D eigenvalue weighted by Gasteiger charge is 2.42. The zero-order valence-corrected chi connectivity index (χ0v) is 15.1. The molecular formula is C22H23NO4. The van der Waals surface area contributed by atoms with Crippen LogP contribution in [0.15, 0.2) is 73.3 Å². The van der Waals surface area contributed by atoms with E-state index >= 15 is 0 Å². The van der Waals surface area contributed by atoms with E-state index in [1.165, 1.54) is 4.90 Å². The van der Waals surface area contributed by atoms with Crippen LogP contribution in [0.4, 0.5) is 4.79 Å². The molecule has 27 heavy (non-hydrogen) atoms. The molecule has 0 unspecified atom stereocenters. The van der Waals surface area contributed by atoms with Crippen molar-refractivity contribution in [1.29, 1.82) is 0 Å². The lowest BCUT2D eigenvalue weighted by atomic mass is 10.00. The molecule has 140 valence electrons. The lowest BCUT2D eigenvalue weighted by molar-refractivity contribution is -0.161. The standard InChI is InChI=1S/C22H23NO4/c1-2-3-14-19-21(24)26-16-20(18-12-8-5-9-13-18)23(19)22(25)27-15-17-10-6-4-7-11-17/h2,4-13,19-20H,1,3,14-16H2/t19-,20+/m0/s1. The van der Waals surface area contributed by atoms with Crippen molar-refractivity contribution in [3.05, 3.63) is 84.4 Å². The number of benzene rings is 2. The van der Waals surface area contributed by atoms with Gasteiger partial charge < -0.3 is 9.47 Å². The fourth-order valence-corrected chi connectivity index (χ4v) is 3.18. The molecular weight excluding hydrogens is 342 g/mol. The third-order valence-electron chi connectivity index (χ3n) is 4.57. The van der Waals surface area contributed by atoms with Gasteiger partial charge in [0.1, 0.15) is 19.3 Å². The monoisotopic (exact) mass is 365 g/mol. The summed E-state index contributed by atoms with van der Waals surface area (Å²) >= 11 is 0. The second-order valence-electron chi connectivity index (χ2n) is 6.39. The van der Waals surface area contributed by atoms with E-state index in [9.17, 15) is 9.59 Å². The van der Waals surface area contributed by atoms with Crippen LogP contribution in [0.5, 0.6) is 0 Å². The summed E-state index contributed by atoms with van der Waals surface area (Å²) in [5.41, 5.74) is 1.80. The fourth-order valence-electron chi connectivity index (χ4n) is 3.18. The molecule has 2 aromatic rings. The summed E-state index contributed by atoms with van der Waals surface area (Å²) in [4.78, 5) is 26.8. The van der Waals surface area contributed by atoms with Gasteiger partial charge in [0.25, 0.3) is 0 Å². The Balaban J connectivity index is 1.83. The van der Waals surface area contributed by atoms with Crippen LogP contribution in [-0.4, -0.2) is 29.6 Å². The van der Waals surface area contributed by atoms with Crippen LogP contribution < -0.4 is 0 Å². The Morgan fingerprint density at radius 2 is 1.81 bits per heavy atom. The van der Waals surface area contributed by atoms with Crippen LogP contribution in [0.2, 0.25) is 0 Å². The first-order chi connectivity index (χ1) is 13.2. The molecule has 1 saturated heterocycles. The van der Waals surface area contributed by atoms with Gasteiger partial charge in [-0.15, -0.1) is 6.58 Å². The zero-order chi connectivity index (χ0) is 19.1. The molecule has 2 atom stereocenters. The summed E-state index contributed by atoms with van der Waals surface area (Å²) in [6, 6.07) is 18.0. The summed E-state index contributed by atoms with van der Waals surface area (Å²) < 4.78 is 10.9. The predicted octanol–water partition coefficient (Wildman–Crippen LogP) is 4.26. The van der Waals surface area contributed by atoms with Crippen LogP contribution in [0.3, 0.4) is 0 Å². The topological polar surface area (TPSA) is 55.8 Å². The van der Waals surface area contributed by atoms with E-state index in [2.05, 4.69) is 6.58 Å². The molecule has 5 heteroatoms. The van der Waals surface area contributed by atoms with Crippen LogP contribution >= 0.6 is 0 Å². The van der Waals surface area contributed by atoms with Crippen LogP contribution in [0, 0.1) is 0 Å². The number of morpholine rings is 1. The Kier molecular flexibility index (Phi) is 6.26. The van der Waals surface area contributed by atoms with Crippen molar-refractivity contribution in [1.82, 2.24) is 4.90 Å². The minimum atomic E-state index is -0.690. The average molecular weight is 365 g/mol. The first-order valence-corrected chi connectivity index (χ1v) is 9.02. The van der Waals surface area contributed by atoms with Gasteiger partial charge in [0.2, 0.25) is 0 Å². The molecule has 3 rings (SSSR count). The lowest BCUT2D eigenvalue weighted by Gasteiger charge is -2.40. The van der Waals surface area contributed by atoms with Crippen LogP contribution in [0.1, 0.15) is 30.0 Å². The highest BCUT2D eigenvalue weighted by atomic mass is 16.6. The number of nitrogens with zero attached hydrogens (tertiary/aromatic N) is 1. The van der Waals surface area contributed by atoms with Gasteiger partial charge in [-0.25, -0.2) is 9.59 Å². The van der Waals surface area contributed by atoms with E-state index in [4.69, 9.17) is 9.47 Å². The van der Waals surface area contributed by atoms with Gasteiger partial charge >= 0.3 is 12.1 Å². The second kappa shape index (κ2) is 9.03. The molecule has 0 spiro atoms. The fraction of sp³-hybridized carbons (Fsp3) is 0.273. The third-order valence-corrected chi connectivity index (χ3v) is 4.57. The molecule has 1 fully saturated rings. The van der Waals surface area contributed by atoms with E-state index in [1.54, 1.807) is 6.08 Å². The number of amides is 1. The largest absolute Gasteiger partial charge is 0.462 e. The second-order valence-corrected chi connectivity index (χ2v) is 6.39. The van der Waals surface area contributed by atoms with Crippen LogP contribution in [-0.2, 0) is 20.9 Å². The number of rotatable bonds is 6. The Bertz CT molecular complexity index is 775. The Morgan fingerprint density at radius 1 is 1.15 bits per heavy atom. The van der Waals surface area contributed by atoms with Crippen molar-refractivity contribution in [3.63, 3.8) is 0 Å². The molecule has 0 aromatic heterocycles. The first kappa shape index (κ1) is 18.7. The van der Waals surface area contributed by atoms with Gasteiger partial charge in [-0.05, 0) is 24.0 Å². The van der Waals surface area contributed by atoms with Crippen molar-refractivity contribution < 1.29 is 19.1 Å². The number of hydrogen-bond acceptors (Lipinski definition) is 4. The zero-order valence-electron chi connectivity index (χ0n) is 15.1. The summed E-state index contributed by atoms with van der Waals surface area (Å²) in [5, 5.41) is 0. The van der Waals surface area contributed by atoms with Gasteiger partial charge in [0, 0.05) is 0 Å². The number of hydrogen-bond donors (Lipinski definition) is 0. The quantitative estimate of drug-likeness (QED) is 0.567. The maximum atomic E-state index is 12.9. The summed E-state index contributed by atoms with van der Waals surface area (Å²) in [5.74, 6) is -0.402. The molecule has 2 aromatic carbocycles. The normalized spacial score (nSPS) is 19.3. The van der Waals surface area contributed by atoms with Gasteiger partial charge in [-0.1, -0.05) is 66.7 Å². The smallest absolute Gasteiger partial charge is 0.411 e. The van der Waals surface area contributed by atoms with E-state index in [-0.39, 0.29) is 19.3 Å². The van der Waals surface area contributed by atoms with Gasteiger partial charge in [-0.2, -0.15) is 0 Å². The Morgan fingerprint density at radius 3 is 2.48 bits per heavy atom. The maximum absolute atomic E-state index is 12.9. The minimum absolute atomic E-state index is 0.119. The predicted molar refractivity (Wildman–Crippen MR) is 102 cm³/mol. The number of esters is 1. The van der Waals surface area contributed by atoms with Gasteiger partial charge in [0.15, 0.2) is 0 Å². The molecule has 5 nitrogen and oxygen atoms in total. The molecule has 1 aliphatic rings. The number of allylic oxidation sites excluding steroid dienone is 1. The number of cyclic esters (lactones) is 1. The third kappa shape index (κ3) is 4.56. The van der Waals surface area contributed by atoms with Crippen molar-refractivity contribution in [2.24, 2.45) is 0 Å². The average Bonchev–Trinajstić information content (AvgIpc) is 2.72. The van der Waals surface area contributed by atoms with Crippen molar-refractivity contribution in [2.45, 2.75) is 31.5 Å². The summed E-state index contributed by atoms with van der Waals surface area (Å²) in [6.45, 7) is 3.98. The lowest BCUT2D eigenvalue weighted by Crippen LogP contribution is -2.53. The first-order valence-electron chi connectivity index (χ1n) is 9.02. The molecule has 0 bridgehead atoms. The number of carbonyl (C=O) groups excluding carboxylic acids is 2. The van der Waals surface area contributed by atoms with Crippen molar-refractivity contribution in [3.8, 4) is 0 Å². The molecule has 1 aliphatic heterocycles. The van der Waals surface area contributed by atoms with Crippen molar-refractivity contribution in [2.75, 3.05) is 6.61 Å².